The largest absolute Gasteiger partial charge is 0.496 e. The van der Waals surface area contributed by atoms with E-state index in [-0.39, 0.29) is 0 Å². The number of benzene rings is 1. The normalized spacial score (nSPS) is 19.6. The lowest BCUT2D eigenvalue weighted by molar-refractivity contribution is -0.134. The summed E-state index contributed by atoms with van der Waals surface area (Å²) in [7, 11) is 1.66. The quantitative estimate of drug-likeness (QED) is 0.850. The van der Waals surface area contributed by atoms with Crippen LogP contribution in [-0.2, 0) is 4.79 Å². The molecule has 1 aromatic heterocycles. The topological polar surface area (TPSA) is 67.3 Å². The van der Waals surface area contributed by atoms with Crippen molar-refractivity contribution in [1.29, 1.82) is 0 Å². The number of piperidine rings is 1. The zero-order valence-electron chi connectivity index (χ0n) is 15.7. The van der Waals surface area contributed by atoms with Crippen molar-refractivity contribution in [3.05, 3.63) is 36.4 Å². The van der Waals surface area contributed by atoms with Gasteiger partial charge in [-0.2, -0.15) is 0 Å². The number of amides is 1. The molecule has 2 heterocycles. The van der Waals surface area contributed by atoms with Crippen LogP contribution in [0.1, 0.15) is 25.7 Å². The van der Waals surface area contributed by atoms with Crippen molar-refractivity contribution < 1.29 is 9.53 Å². The Morgan fingerprint density at radius 3 is 2.78 bits per heavy atom. The molecular formula is C21H26N4O2. The fourth-order valence-electron chi connectivity index (χ4n) is 3.70. The molecule has 0 radical (unpaired) electrons. The lowest BCUT2D eigenvalue weighted by Crippen LogP contribution is -2.42. The SMILES string of the molecule is COc1ccccc1-c1ccc(NC[C@H]2CCCN(C(=O)C3CC3)C2)nn1. The van der Waals surface area contributed by atoms with Crippen molar-refractivity contribution in [2.24, 2.45) is 11.8 Å². The van der Waals surface area contributed by atoms with E-state index in [1.165, 1.54) is 0 Å². The lowest BCUT2D eigenvalue weighted by Gasteiger charge is -2.33. The number of ether oxygens (including phenoxy) is 1. The molecule has 27 heavy (non-hydrogen) atoms. The minimum atomic E-state index is 0.310. The van der Waals surface area contributed by atoms with Crippen molar-refractivity contribution in [2.45, 2.75) is 25.7 Å². The zero-order valence-corrected chi connectivity index (χ0v) is 15.7. The van der Waals surface area contributed by atoms with E-state index in [2.05, 4.69) is 20.4 Å². The number of likely N-dealkylation sites (tertiary alicyclic amines) is 1. The zero-order chi connectivity index (χ0) is 18.6. The molecule has 0 spiro atoms. The molecule has 1 aromatic carbocycles. The van der Waals surface area contributed by atoms with Crippen molar-refractivity contribution in [3.63, 3.8) is 0 Å². The number of hydrogen-bond donors (Lipinski definition) is 1. The molecule has 1 saturated carbocycles. The molecule has 6 heteroatoms. The molecule has 1 atom stereocenters. The molecular weight excluding hydrogens is 340 g/mol. The molecule has 0 unspecified atom stereocenters. The number of rotatable bonds is 6. The Kier molecular flexibility index (Phi) is 5.23. The molecule has 2 aromatic rings. The van der Waals surface area contributed by atoms with Crippen LogP contribution in [0.15, 0.2) is 36.4 Å². The third kappa shape index (κ3) is 4.21. The summed E-state index contributed by atoms with van der Waals surface area (Å²) in [5.41, 5.74) is 1.72. The first-order chi connectivity index (χ1) is 13.2. The highest BCUT2D eigenvalue weighted by atomic mass is 16.5. The van der Waals surface area contributed by atoms with Gasteiger partial charge in [-0.15, -0.1) is 10.2 Å². The van der Waals surface area contributed by atoms with Gasteiger partial charge in [0.2, 0.25) is 5.91 Å². The minimum absolute atomic E-state index is 0.310. The number of aromatic nitrogens is 2. The Labute approximate surface area is 159 Å². The van der Waals surface area contributed by atoms with Gasteiger partial charge in [0.25, 0.3) is 0 Å². The highest BCUT2D eigenvalue weighted by Crippen LogP contribution is 2.32. The van der Waals surface area contributed by atoms with E-state index < -0.39 is 0 Å². The Morgan fingerprint density at radius 1 is 1.19 bits per heavy atom. The van der Waals surface area contributed by atoms with Crippen LogP contribution in [0.5, 0.6) is 5.75 Å². The number of anilines is 1. The van der Waals surface area contributed by atoms with Crippen LogP contribution in [0.3, 0.4) is 0 Å². The Hall–Kier alpha value is -2.63. The first-order valence-electron chi connectivity index (χ1n) is 9.74. The van der Waals surface area contributed by atoms with E-state index in [1.807, 2.05) is 36.4 Å². The summed E-state index contributed by atoms with van der Waals surface area (Å²) in [6, 6.07) is 11.7. The fraction of sp³-hybridized carbons (Fsp3) is 0.476. The number of methoxy groups -OCH3 is 1. The molecule has 1 saturated heterocycles. The molecule has 1 amide bonds. The van der Waals surface area contributed by atoms with Crippen LogP contribution in [0, 0.1) is 11.8 Å². The predicted molar refractivity (Wildman–Crippen MR) is 105 cm³/mol. The first kappa shape index (κ1) is 17.8. The molecule has 1 aliphatic heterocycles. The third-order valence-corrected chi connectivity index (χ3v) is 5.38. The fourth-order valence-corrected chi connectivity index (χ4v) is 3.70. The van der Waals surface area contributed by atoms with Gasteiger partial charge in [0.05, 0.1) is 12.8 Å². The second-order valence-electron chi connectivity index (χ2n) is 7.45. The van der Waals surface area contributed by atoms with Gasteiger partial charge in [0.15, 0.2) is 0 Å². The first-order valence-corrected chi connectivity index (χ1v) is 9.74. The second-order valence-corrected chi connectivity index (χ2v) is 7.45. The molecule has 142 valence electrons. The molecule has 2 fully saturated rings. The minimum Gasteiger partial charge on any atom is -0.496 e. The number of hydrogen-bond acceptors (Lipinski definition) is 5. The van der Waals surface area contributed by atoms with Gasteiger partial charge < -0.3 is 15.0 Å². The van der Waals surface area contributed by atoms with E-state index in [4.69, 9.17) is 4.74 Å². The standard InChI is InChI=1S/C21H26N4O2/c1-27-19-7-3-2-6-17(19)18-10-11-20(24-23-18)22-13-15-5-4-12-25(14-15)21(26)16-8-9-16/h2-3,6-7,10-11,15-16H,4-5,8-9,12-14H2,1H3,(H,22,24)/t15-/m1/s1. The van der Waals surface area contributed by atoms with Gasteiger partial charge in [-0.05, 0) is 55.9 Å². The summed E-state index contributed by atoms with van der Waals surface area (Å²) < 4.78 is 5.39. The highest BCUT2D eigenvalue weighted by Gasteiger charge is 2.35. The van der Waals surface area contributed by atoms with Crippen LogP contribution < -0.4 is 10.1 Å². The number of carbonyl (C=O) groups is 1. The van der Waals surface area contributed by atoms with Crippen molar-refractivity contribution in [1.82, 2.24) is 15.1 Å². The van der Waals surface area contributed by atoms with Crippen LogP contribution in [0.25, 0.3) is 11.3 Å². The Bertz CT molecular complexity index is 789. The van der Waals surface area contributed by atoms with Gasteiger partial charge in [0, 0.05) is 31.1 Å². The number of nitrogens with zero attached hydrogens (tertiary/aromatic N) is 3. The molecule has 1 N–H and O–H groups in total. The monoisotopic (exact) mass is 366 g/mol. The lowest BCUT2D eigenvalue weighted by atomic mass is 9.97. The summed E-state index contributed by atoms with van der Waals surface area (Å²) in [6.45, 7) is 2.59. The summed E-state index contributed by atoms with van der Waals surface area (Å²) in [5.74, 6) is 2.69. The van der Waals surface area contributed by atoms with Gasteiger partial charge >= 0.3 is 0 Å². The second kappa shape index (κ2) is 7.94. The summed E-state index contributed by atoms with van der Waals surface area (Å²) in [4.78, 5) is 14.3. The number of carbonyl (C=O) groups excluding carboxylic acids is 1. The average molecular weight is 366 g/mol. The predicted octanol–water partition coefficient (Wildman–Crippen LogP) is 3.21. The van der Waals surface area contributed by atoms with E-state index in [0.29, 0.717) is 17.7 Å². The van der Waals surface area contributed by atoms with Gasteiger partial charge in [-0.25, -0.2) is 0 Å². The van der Waals surface area contributed by atoms with E-state index >= 15 is 0 Å². The van der Waals surface area contributed by atoms with E-state index in [9.17, 15) is 4.79 Å². The maximum Gasteiger partial charge on any atom is 0.225 e. The van der Waals surface area contributed by atoms with Gasteiger partial charge in [-0.1, -0.05) is 12.1 Å². The van der Waals surface area contributed by atoms with Gasteiger partial charge in [-0.3, -0.25) is 4.79 Å². The summed E-state index contributed by atoms with van der Waals surface area (Å²) in [5, 5.41) is 12.0. The van der Waals surface area contributed by atoms with Crippen molar-refractivity contribution in [3.8, 4) is 17.0 Å². The van der Waals surface area contributed by atoms with E-state index in [0.717, 1.165) is 68.1 Å². The Morgan fingerprint density at radius 2 is 2.04 bits per heavy atom. The van der Waals surface area contributed by atoms with Crippen LogP contribution in [-0.4, -0.2) is 47.7 Å². The average Bonchev–Trinajstić information content (AvgIpc) is 3.58. The van der Waals surface area contributed by atoms with Crippen LogP contribution in [0.4, 0.5) is 5.82 Å². The molecule has 4 rings (SSSR count). The maximum absolute atomic E-state index is 12.3. The number of para-hydroxylation sites is 1. The summed E-state index contributed by atoms with van der Waals surface area (Å²) in [6.07, 6.45) is 4.39. The Balaban J connectivity index is 1.34. The molecule has 2 aliphatic rings. The molecule has 1 aliphatic carbocycles. The molecule has 6 nitrogen and oxygen atoms in total. The van der Waals surface area contributed by atoms with E-state index in [1.54, 1.807) is 7.11 Å². The highest BCUT2D eigenvalue weighted by molar-refractivity contribution is 5.81. The van der Waals surface area contributed by atoms with Crippen molar-refractivity contribution in [2.75, 3.05) is 32.1 Å². The third-order valence-electron chi connectivity index (χ3n) is 5.38. The van der Waals surface area contributed by atoms with Crippen molar-refractivity contribution >= 4 is 11.7 Å². The van der Waals surface area contributed by atoms with Crippen LogP contribution in [0.2, 0.25) is 0 Å². The summed E-state index contributed by atoms with van der Waals surface area (Å²) >= 11 is 0. The smallest absolute Gasteiger partial charge is 0.225 e. The number of nitrogens with one attached hydrogen (secondary N) is 1. The maximum atomic E-state index is 12.3. The van der Waals surface area contributed by atoms with Crippen LogP contribution >= 0.6 is 0 Å². The molecule has 0 bridgehead atoms. The van der Waals surface area contributed by atoms with Gasteiger partial charge in [0.1, 0.15) is 11.6 Å².